The molecule has 1 aliphatic heterocycles. The van der Waals surface area contributed by atoms with Crippen LogP contribution in [0.2, 0.25) is 0 Å². The topological polar surface area (TPSA) is 54.7 Å². The van der Waals surface area contributed by atoms with Gasteiger partial charge in [0, 0.05) is 47.9 Å². The van der Waals surface area contributed by atoms with Crippen molar-refractivity contribution < 1.29 is 14.6 Å². The first kappa shape index (κ1) is 20.0. The number of aromatic nitrogens is 1. The molecule has 1 fully saturated rings. The lowest BCUT2D eigenvalue weighted by molar-refractivity contribution is 0.0697. The van der Waals surface area contributed by atoms with Gasteiger partial charge in [0.15, 0.2) is 0 Å². The Bertz CT molecular complexity index is 1140. The molecular weight excluding hydrogens is 388 g/mol. The lowest BCUT2D eigenvalue weighted by atomic mass is 9.81. The number of ether oxygens (including phenoxy) is 1. The number of aromatic carboxylic acids is 1. The van der Waals surface area contributed by atoms with Crippen molar-refractivity contribution in [2.45, 2.75) is 51.5 Å². The van der Waals surface area contributed by atoms with E-state index < -0.39 is 5.97 Å². The van der Waals surface area contributed by atoms with Crippen LogP contribution in [-0.2, 0) is 6.54 Å². The van der Waals surface area contributed by atoms with Crippen molar-refractivity contribution in [1.29, 1.82) is 0 Å². The van der Waals surface area contributed by atoms with Gasteiger partial charge >= 0.3 is 5.97 Å². The Labute approximate surface area is 183 Å². The summed E-state index contributed by atoms with van der Waals surface area (Å²) in [6.45, 7) is 4.83. The molecule has 1 saturated carbocycles. The number of anilines is 1. The minimum absolute atomic E-state index is 0.356. The number of nitrogens with zero attached hydrogens (tertiary/aromatic N) is 2. The van der Waals surface area contributed by atoms with Crippen molar-refractivity contribution in [3.05, 3.63) is 47.5 Å². The van der Waals surface area contributed by atoms with Crippen molar-refractivity contribution in [3.63, 3.8) is 0 Å². The molecule has 5 rings (SSSR count). The van der Waals surface area contributed by atoms with Crippen LogP contribution in [0.5, 0.6) is 5.75 Å². The first-order valence-corrected chi connectivity index (χ1v) is 11.4. The van der Waals surface area contributed by atoms with Gasteiger partial charge in [-0.2, -0.15) is 0 Å². The van der Waals surface area contributed by atoms with Gasteiger partial charge in [0.25, 0.3) is 0 Å². The van der Waals surface area contributed by atoms with Gasteiger partial charge in [-0.3, -0.25) is 0 Å². The smallest absolute Gasteiger partial charge is 0.335 e. The predicted octanol–water partition coefficient (Wildman–Crippen LogP) is 5.90. The van der Waals surface area contributed by atoms with Crippen molar-refractivity contribution in [1.82, 2.24) is 4.57 Å². The summed E-state index contributed by atoms with van der Waals surface area (Å²) in [4.78, 5) is 14.1. The number of hydrogen-bond donors (Lipinski definition) is 1. The molecule has 2 aromatic carbocycles. The van der Waals surface area contributed by atoms with E-state index in [-0.39, 0.29) is 0 Å². The summed E-state index contributed by atoms with van der Waals surface area (Å²) in [7, 11) is 1.71. The number of carboxylic acid groups (broad SMARTS) is 1. The molecule has 3 aromatic rings. The zero-order valence-corrected chi connectivity index (χ0v) is 18.4. The molecule has 0 unspecified atom stereocenters. The predicted molar refractivity (Wildman–Crippen MR) is 125 cm³/mol. The fourth-order valence-corrected chi connectivity index (χ4v) is 5.61. The SMILES string of the molecule is CCN1CCn2c(c(C3CCCCC3)c3ccc(C(=O)O)cc32)-c2ccc(OC)cc21. The molecule has 0 bridgehead atoms. The monoisotopic (exact) mass is 418 g/mol. The summed E-state index contributed by atoms with van der Waals surface area (Å²) in [6.07, 6.45) is 6.25. The van der Waals surface area contributed by atoms with Gasteiger partial charge in [0.2, 0.25) is 0 Å². The fourth-order valence-electron chi connectivity index (χ4n) is 5.61. The maximum absolute atomic E-state index is 11.7. The first-order valence-electron chi connectivity index (χ1n) is 11.4. The van der Waals surface area contributed by atoms with Gasteiger partial charge < -0.3 is 19.3 Å². The van der Waals surface area contributed by atoms with Crippen LogP contribution in [0.15, 0.2) is 36.4 Å². The number of rotatable bonds is 4. The van der Waals surface area contributed by atoms with Crippen molar-refractivity contribution in [2.24, 2.45) is 0 Å². The van der Waals surface area contributed by atoms with E-state index in [1.165, 1.54) is 60.0 Å². The Morgan fingerprint density at radius 1 is 1.10 bits per heavy atom. The highest BCUT2D eigenvalue weighted by Crippen LogP contribution is 2.48. The van der Waals surface area contributed by atoms with Gasteiger partial charge in [0.05, 0.1) is 18.4 Å². The van der Waals surface area contributed by atoms with Crippen LogP contribution in [0.25, 0.3) is 22.2 Å². The van der Waals surface area contributed by atoms with E-state index in [0.717, 1.165) is 30.9 Å². The summed E-state index contributed by atoms with van der Waals surface area (Å²) in [5, 5.41) is 10.8. The summed E-state index contributed by atoms with van der Waals surface area (Å²) in [5.41, 5.74) is 6.53. The van der Waals surface area contributed by atoms with E-state index in [9.17, 15) is 9.90 Å². The highest BCUT2D eigenvalue weighted by atomic mass is 16.5. The maximum atomic E-state index is 11.7. The Morgan fingerprint density at radius 3 is 2.61 bits per heavy atom. The van der Waals surface area contributed by atoms with Crippen molar-refractivity contribution in [2.75, 3.05) is 25.1 Å². The highest BCUT2D eigenvalue weighted by Gasteiger charge is 2.30. The number of benzene rings is 2. The van der Waals surface area contributed by atoms with Gasteiger partial charge in [-0.05, 0) is 55.5 Å². The molecule has 2 aliphatic rings. The zero-order chi connectivity index (χ0) is 21.5. The molecule has 1 aromatic heterocycles. The molecule has 2 heterocycles. The molecule has 162 valence electrons. The third-order valence-electron chi connectivity index (χ3n) is 7.14. The minimum atomic E-state index is -0.870. The van der Waals surface area contributed by atoms with Crippen molar-refractivity contribution >= 4 is 22.6 Å². The highest BCUT2D eigenvalue weighted by molar-refractivity contribution is 5.99. The lowest BCUT2D eigenvalue weighted by Gasteiger charge is -2.25. The second kappa shape index (κ2) is 7.95. The molecule has 5 nitrogen and oxygen atoms in total. The van der Waals surface area contributed by atoms with E-state index >= 15 is 0 Å². The zero-order valence-electron chi connectivity index (χ0n) is 18.4. The normalized spacial score (nSPS) is 16.6. The molecule has 0 radical (unpaired) electrons. The van der Waals surface area contributed by atoms with Crippen molar-refractivity contribution in [3.8, 4) is 17.0 Å². The van der Waals surface area contributed by atoms with E-state index in [2.05, 4.69) is 28.5 Å². The average molecular weight is 419 g/mol. The molecule has 31 heavy (non-hydrogen) atoms. The van der Waals surface area contributed by atoms with Crippen LogP contribution in [0, 0.1) is 0 Å². The van der Waals surface area contributed by atoms with Crippen LogP contribution >= 0.6 is 0 Å². The van der Waals surface area contributed by atoms with E-state index in [4.69, 9.17) is 4.74 Å². The quantitative estimate of drug-likeness (QED) is 0.573. The Balaban J connectivity index is 1.83. The molecule has 0 amide bonds. The number of methoxy groups -OCH3 is 1. The first-order chi connectivity index (χ1) is 15.1. The van der Waals surface area contributed by atoms with Crippen LogP contribution in [0.1, 0.15) is 60.9 Å². The Morgan fingerprint density at radius 2 is 1.90 bits per heavy atom. The number of carbonyl (C=O) groups is 1. The number of hydrogen-bond acceptors (Lipinski definition) is 3. The minimum Gasteiger partial charge on any atom is -0.497 e. The van der Waals surface area contributed by atoms with Crippen LogP contribution in [-0.4, -0.2) is 35.8 Å². The molecule has 1 N–H and O–H groups in total. The van der Waals surface area contributed by atoms with Crippen LogP contribution < -0.4 is 9.64 Å². The fraction of sp³-hybridized carbons (Fsp3) is 0.423. The number of fused-ring (bicyclic) bond motifs is 5. The van der Waals surface area contributed by atoms with E-state index in [1.54, 1.807) is 13.2 Å². The summed E-state index contributed by atoms with van der Waals surface area (Å²) < 4.78 is 7.93. The molecular formula is C26H30N2O3. The molecule has 5 heteroatoms. The van der Waals surface area contributed by atoms with E-state index in [0.29, 0.717) is 11.5 Å². The summed E-state index contributed by atoms with van der Waals surface area (Å²) in [6, 6.07) is 12.1. The molecule has 1 aliphatic carbocycles. The molecule has 0 saturated heterocycles. The van der Waals surface area contributed by atoms with Gasteiger partial charge in [-0.1, -0.05) is 25.3 Å². The third-order valence-corrected chi connectivity index (χ3v) is 7.14. The summed E-state index contributed by atoms with van der Waals surface area (Å²) >= 11 is 0. The molecule has 0 spiro atoms. The van der Waals surface area contributed by atoms with Crippen LogP contribution in [0.3, 0.4) is 0 Å². The maximum Gasteiger partial charge on any atom is 0.335 e. The summed E-state index contributed by atoms with van der Waals surface area (Å²) in [5.74, 6) is 0.519. The number of carboxylic acids is 1. The Hall–Kier alpha value is -2.95. The largest absolute Gasteiger partial charge is 0.497 e. The van der Waals surface area contributed by atoms with Gasteiger partial charge in [-0.25, -0.2) is 4.79 Å². The third kappa shape index (κ3) is 3.27. The second-order valence-electron chi connectivity index (χ2n) is 8.75. The second-order valence-corrected chi connectivity index (χ2v) is 8.75. The Kier molecular flexibility index (Phi) is 5.12. The van der Waals surface area contributed by atoms with E-state index in [1.807, 2.05) is 18.2 Å². The van der Waals surface area contributed by atoms with Gasteiger partial charge in [0.1, 0.15) is 5.75 Å². The standard InChI is InChI=1S/C26H30N2O3/c1-3-27-13-14-28-23-15-18(26(29)30)9-11-20(23)24(17-7-5-4-6-8-17)25(28)21-12-10-19(31-2)16-22(21)27/h9-12,15-17H,3-8,13-14H2,1-2H3,(H,29,30). The molecule has 0 atom stereocenters. The number of likely N-dealkylation sites (N-methyl/N-ethyl adjacent to an activating group) is 1. The van der Waals surface area contributed by atoms with Crippen LogP contribution in [0.4, 0.5) is 5.69 Å². The average Bonchev–Trinajstić information content (AvgIpc) is 3.03. The van der Waals surface area contributed by atoms with Gasteiger partial charge in [-0.15, -0.1) is 0 Å². The lowest BCUT2D eigenvalue weighted by Crippen LogP contribution is -2.25.